The van der Waals surface area contributed by atoms with E-state index in [1.165, 1.54) is 18.9 Å². The number of halogens is 2. The smallest absolute Gasteiger partial charge is 0.387 e. The van der Waals surface area contributed by atoms with Crippen LogP contribution in [0.15, 0.2) is 24.3 Å². The van der Waals surface area contributed by atoms with Gasteiger partial charge in [-0.05, 0) is 63.7 Å². The van der Waals surface area contributed by atoms with Gasteiger partial charge in [0, 0.05) is 19.1 Å². The molecule has 0 saturated heterocycles. The van der Waals surface area contributed by atoms with Crippen LogP contribution in [0.25, 0.3) is 0 Å². The quantitative estimate of drug-likeness (QED) is 0.813. The molecule has 1 amide bonds. The van der Waals surface area contributed by atoms with Gasteiger partial charge in [-0.25, -0.2) is 0 Å². The van der Waals surface area contributed by atoms with E-state index >= 15 is 0 Å². The predicted octanol–water partition coefficient (Wildman–Crippen LogP) is 3.48. The largest absolute Gasteiger partial charge is 0.434 e. The standard InChI is InChI=1S/C19H26F2N2O2/c1-22(2)14-8-12-10-15(11-13(12)9-14)23(3)18(24)16-6-4-5-7-17(16)25-19(20)21/h4-7,12-15,19H,8-11H2,1-3H3/t12-,13+,14?,15?. The number of hydrogen-bond donors (Lipinski definition) is 0. The molecule has 4 nitrogen and oxygen atoms in total. The number of nitrogens with zero attached hydrogens (tertiary/aromatic N) is 2. The first kappa shape index (κ1) is 18.1. The Morgan fingerprint density at radius 1 is 1.04 bits per heavy atom. The van der Waals surface area contributed by atoms with Crippen LogP contribution in [0.1, 0.15) is 36.0 Å². The molecule has 0 bridgehead atoms. The molecule has 1 aromatic rings. The van der Waals surface area contributed by atoms with E-state index in [0.29, 0.717) is 17.9 Å². The zero-order chi connectivity index (χ0) is 18.1. The molecule has 0 aliphatic heterocycles. The lowest BCUT2D eigenvalue weighted by Gasteiger charge is -2.27. The number of benzene rings is 1. The van der Waals surface area contributed by atoms with Crippen molar-refractivity contribution < 1.29 is 18.3 Å². The first-order valence-electron chi connectivity index (χ1n) is 8.84. The summed E-state index contributed by atoms with van der Waals surface area (Å²) in [4.78, 5) is 16.8. The van der Waals surface area contributed by atoms with Gasteiger partial charge in [0.15, 0.2) is 0 Å². The van der Waals surface area contributed by atoms with Gasteiger partial charge in [0.05, 0.1) is 5.56 Å². The highest BCUT2D eigenvalue weighted by Crippen LogP contribution is 2.46. The predicted molar refractivity (Wildman–Crippen MR) is 91.9 cm³/mol. The van der Waals surface area contributed by atoms with Crippen LogP contribution < -0.4 is 4.74 Å². The van der Waals surface area contributed by atoms with Gasteiger partial charge in [0.1, 0.15) is 5.75 Å². The first-order valence-corrected chi connectivity index (χ1v) is 8.84. The molecule has 138 valence electrons. The van der Waals surface area contributed by atoms with Crippen molar-refractivity contribution in [3.8, 4) is 5.75 Å². The van der Waals surface area contributed by atoms with Crippen molar-refractivity contribution in [3.05, 3.63) is 29.8 Å². The van der Waals surface area contributed by atoms with Crippen LogP contribution in [-0.2, 0) is 0 Å². The van der Waals surface area contributed by atoms with Crippen molar-refractivity contribution in [2.24, 2.45) is 11.8 Å². The molecule has 0 aromatic heterocycles. The van der Waals surface area contributed by atoms with Crippen molar-refractivity contribution in [2.75, 3.05) is 21.1 Å². The summed E-state index contributed by atoms with van der Waals surface area (Å²) in [6, 6.07) is 7.04. The van der Waals surface area contributed by atoms with E-state index in [0.717, 1.165) is 12.8 Å². The van der Waals surface area contributed by atoms with Gasteiger partial charge in [-0.3, -0.25) is 4.79 Å². The molecule has 3 rings (SSSR count). The fraction of sp³-hybridized carbons (Fsp3) is 0.632. The number of carbonyl (C=O) groups excluding carboxylic acids is 1. The van der Waals surface area contributed by atoms with Crippen molar-refractivity contribution in [2.45, 2.75) is 44.4 Å². The Morgan fingerprint density at radius 2 is 1.60 bits per heavy atom. The fourth-order valence-corrected chi connectivity index (χ4v) is 4.49. The van der Waals surface area contributed by atoms with E-state index in [4.69, 9.17) is 0 Å². The Kier molecular flexibility index (Phi) is 5.27. The van der Waals surface area contributed by atoms with E-state index in [1.54, 1.807) is 30.1 Å². The van der Waals surface area contributed by atoms with Crippen molar-refractivity contribution in [3.63, 3.8) is 0 Å². The summed E-state index contributed by atoms with van der Waals surface area (Å²) >= 11 is 0. The molecule has 2 aliphatic carbocycles. The highest BCUT2D eigenvalue weighted by Gasteiger charge is 2.44. The van der Waals surface area contributed by atoms with Crippen molar-refractivity contribution >= 4 is 5.91 Å². The molecule has 1 aromatic carbocycles. The number of fused-ring (bicyclic) bond motifs is 1. The van der Waals surface area contributed by atoms with Gasteiger partial charge in [0.2, 0.25) is 0 Å². The number of hydrogen-bond acceptors (Lipinski definition) is 3. The maximum absolute atomic E-state index is 12.8. The molecule has 2 fully saturated rings. The minimum Gasteiger partial charge on any atom is -0.434 e. The zero-order valence-electron chi connectivity index (χ0n) is 15.0. The number of ether oxygens (including phenoxy) is 1. The van der Waals surface area contributed by atoms with Crippen LogP contribution in [0.5, 0.6) is 5.75 Å². The summed E-state index contributed by atoms with van der Waals surface area (Å²) in [5.41, 5.74) is 0.202. The Labute approximate surface area is 147 Å². The van der Waals surface area contributed by atoms with Crippen LogP contribution >= 0.6 is 0 Å². The molecule has 0 radical (unpaired) electrons. The summed E-state index contributed by atoms with van der Waals surface area (Å²) in [6.45, 7) is -2.94. The number of amides is 1. The van der Waals surface area contributed by atoms with E-state index in [2.05, 4.69) is 23.7 Å². The number of para-hydroxylation sites is 1. The lowest BCUT2D eigenvalue weighted by atomic mass is 10.0. The molecule has 4 atom stereocenters. The maximum atomic E-state index is 12.8. The summed E-state index contributed by atoms with van der Waals surface area (Å²) in [7, 11) is 6.02. The average Bonchev–Trinajstić information content (AvgIpc) is 3.12. The van der Waals surface area contributed by atoms with E-state index < -0.39 is 6.61 Å². The normalized spacial score (nSPS) is 28.4. The van der Waals surface area contributed by atoms with Crippen LogP contribution in [0.3, 0.4) is 0 Å². The second kappa shape index (κ2) is 7.28. The fourth-order valence-electron chi connectivity index (χ4n) is 4.49. The third-order valence-electron chi connectivity index (χ3n) is 5.90. The summed E-state index contributed by atoms with van der Waals surface area (Å²) < 4.78 is 29.7. The van der Waals surface area contributed by atoms with E-state index in [-0.39, 0.29) is 23.3 Å². The molecule has 25 heavy (non-hydrogen) atoms. The third kappa shape index (κ3) is 3.78. The topological polar surface area (TPSA) is 32.8 Å². The Bertz CT molecular complexity index is 609. The summed E-state index contributed by atoms with van der Waals surface area (Å²) in [6.07, 6.45) is 4.35. The summed E-state index contributed by atoms with van der Waals surface area (Å²) in [5, 5.41) is 0. The first-order chi connectivity index (χ1) is 11.9. The van der Waals surface area contributed by atoms with Gasteiger partial charge in [-0.1, -0.05) is 12.1 Å². The summed E-state index contributed by atoms with van der Waals surface area (Å²) in [5.74, 6) is 1.01. The maximum Gasteiger partial charge on any atom is 0.387 e. The Balaban J connectivity index is 1.67. The molecule has 2 unspecified atom stereocenters. The van der Waals surface area contributed by atoms with Crippen molar-refractivity contribution in [1.82, 2.24) is 9.80 Å². The number of rotatable bonds is 5. The molecular formula is C19H26F2N2O2. The molecule has 2 saturated carbocycles. The highest BCUT2D eigenvalue weighted by atomic mass is 19.3. The molecule has 2 aliphatic rings. The van der Waals surface area contributed by atoms with Crippen LogP contribution in [0.2, 0.25) is 0 Å². The monoisotopic (exact) mass is 352 g/mol. The minimum atomic E-state index is -2.94. The molecule has 0 heterocycles. The van der Waals surface area contributed by atoms with Gasteiger partial charge in [-0.15, -0.1) is 0 Å². The SMILES string of the molecule is CN(C)C1C[C@@H]2CC(N(C)C(=O)c3ccccc3OC(F)F)C[C@@H]2C1. The second-order valence-electron chi connectivity index (χ2n) is 7.52. The third-order valence-corrected chi connectivity index (χ3v) is 5.90. The second-order valence-corrected chi connectivity index (χ2v) is 7.52. The molecule has 6 heteroatoms. The number of alkyl halides is 2. The zero-order valence-corrected chi connectivity index (χ0v) is 15.0. The van der Waals surface area contributed by atoms with Crippen molar-refractivity contribution in [1.29, 1.82) is 0 Å². The van der Waals surface area contributed by atoms with Crippen LogP contribution in [-0.4, -0.2) is 55.5 Å². The highest BCUT2D eigenvalue weighted by molar-refractivity contribution is 5.97. The van der Waals surface area contributed by atoms with Crippen LogP contribution in [0, 0.1) is 11.8 Å². The molecule has 0 N–H and O–H groups in total. The average molecular weight is 352 g/mol. The number of carbonyl (C=O) groups is 1. The minimum absolute atomic E-state index is 0.0554. The van der Waals surface area contributed by atoms with Crippen LogP contribution in [0.4, 0.5) is 8.78 Å². The molecule has 0 spiro atoms. The molecular weight excluding hydrogens is 326 g/mol. The Morgan fingerprint density at radius 3 is 2.16 bits per heavy atom. The van der Waals surface area contributed by atoms with Gasteiger partial charge < -0.3 is 14.5 Å². The lowest BCUT2D eigenvalue weighted by Crippen LogP contribution is -2.36. The van der Waals surface area contributed by atoms with E-state index in [9.17, 15) is 13.6 Å². The van der Waals surface area contributed by atoms with Gasteiger partial charge >= 0.3 is 6.61 Å². The van der Waals surface area contributed by atoms with Gasteiger partial charge in [0.25, 0.3) is 5.91 Å². The Hall–Kier alpha value is -1.69. The van der Waals surface area contributed by atoms with Gasteiger partial charge in [-0.2, -0.15) is 8.78 Å². The van der Waals surface area contributed by atoms with E-state index in [1.807, 2.05) is 0 Å². The lowest BCUT2D eigenvalue weighted by molar-refractivity contribution is -0.0502.